The lowest BCUT2D eigenvalue weighted by atomic mass is 10.2. The topological polar surface area (TPSA) is 63.2 Å². The van der Waals surface area contributed by atoms with E-state index < -0.39 is 10.0 Å². The van der Waals surface area contributed by atoms with Gasteiger partial charge in [-0.15, -0.1) is 0 Å². The molecule has 0 heterocycles. The first kappa shape index (κ1) is 12.5. The maximum atomic E-state index is 11.5. The Morgan fingerprint density at radius 2 is 2.07 bits per heavy atom. The van der Waals surface area contributed by atoms with E-state index in [2.05, 4.69) is 4.72 Å². The molecule has 0 aromatic heterocycles. The van der Waals surface area contributed by atoms with E-state index in [1.165, 1.54) is 0 Å². The Balaban J connectivity index is 2.45. The van der Waals surface area contributed by atoms with Crippen LogP contribution in [0.15, 0.2) is 0 Å². The maximum Gasteiger partial charge on any atom is 0.236 e. The molecule has 1 rings (SSSR count). The third-order valence-electron chi connectivity index (χ3n) is 2.90. The lowest BCUT2D eigenvalue weighted by molar-refractivity contribution is -0.120. The third kappa shape index (κ3) is 3.81. The molecule has 1 saturated carbocycles. The number of amides is 1. The van der Waals surface area contributed by atoms with Crippen LogP contribution in [-0.2, 0) is 14.8 Å². The molecule has 0 spiro atoms. The molecule has 88 valence electrons. The van der Waals surface area contributed by atoms with Gasteiger partial charge >= 0.3 is 0 Å². The maximum absolute atomic E-state index is 11.5. The second-order valence-corrected chi connectivity index (χ2v) is 6.35. The molecule has 0 aliphatic heterocycles. The van der Waals surface area contributed by atoms with Gasteiger partial charge in [-0.3, -0.25) is 9.52 Å². The minimum Gasteiger partial charge on any atom is -0.274 e. The van der Waals surface area contributed by atoms with Crippen LogP contribution in [0.4, 0.5) is 0 Å². The van der Waals surface area contributed by atoms with Crippen molar-refractivity contribution in [3.63, 3.8) is 0 Å². The van der Waals surface area contributed by atoms with Crippen LogP contribution in [0, 0.1) is 17.8 Å². The molecule has 4 nitrogen and oxygen atoms in total. The summed E-state index contributed by atoms with van der Waals surface area (Å²) in [6.07, 6.45) is 1.61. The summed E-state index contributed by atoms with van der Waals surface area (Å²) in [5.74, 6) is 0.0503. The first-order chi connectivity index (χ1) is 6.85. The minimum atomic E-state index is -3.42. The Kier molecular flexibility index (Phi) is 3.76. The van der Waals surface area contributed by atoms with Crippen LogP contribution < -0.4 is 4.72 Å². The predicted octanol–water partition coefficient (Wildman–Crippen LogP) is 1.13. The van der Waals surface area contributed by atoms with Crippen LogP contribution in [0.25, 0.3) is 0 Å². The Morgan fingerprint density at radius 3 is 2.47 bits per heavy atom. The number of carbonyl (C=O) groups excluding carboxylic acids is 1. The third-order valence-corrected chi connectivity index (χ3v) is 4.42. The highest BCUT2D eigenvalue weighted by atomic mass is 32.2. The lowest BCUT2D eigenvalue weighted by Gasteiger charge is -2.10. The van der Waals surface area contributed by atoms with Gasteiger partial charge in [0.25, 0.3) is 0 Å². The molecule has 0 unspecified atom stereocenters. The summed E-state index contributed by atoms with van der Waals surface area (Å²) in [5, 5.41) is 0. The Bertz CT molecular complexity index is 337. The minimum absolute atomic E-state index is 0.0380. The van der Waals surface area contributed by atoms with Gasteiger partial charge in [-0.2, -0.15) is 0 Å². The summed E-state index contributed by atoms with van der Waals surface area (Å²) in [6.45, 7) is 5.75. The van der Waals surface area contributed by atoms with Crippen molar-refractivity contribution in [3.8, 4) is 0 Å². The monoisotopic (exact) mass is 233 g/mol. The lowest BCUT2D eigenvalue weighted by Crippen LogP contribution is -2.35. The zero-order valence-electron chi connectivity index (χ0n) is 9.49. The summed E-state index contributed by atoms with van der Waals surface area (Å²) < 4.78 is 25.2. The first-order valence-corrected chi connectivity index (χ1v) is 7.05. The zero-order chi connectivity index (χ0) is 11.6. The highest BCUT2D eigenvalue weighted by Gasteiger charge is 2.40. The van der Waals surface area contributed by atoms with Crippen molar-refractivity contribution in [1.29, 1.82) is 0 Å². The molecule has 0 aromatic carbocycles. The number of carbonyl (C=O) groups is 1. The zero-order valence-corrected chi connectivity index (χ0v) is 10.3. The molecular weight excluding hydrogens is 214 g/mol. The largest absolute Gasteiger partial charge is 0.274 e. The molecule has 1 fully saturated rings. The number of nitrogens with one attached hydrogen (secondary N) is 1. The molecule has 1 aliphatic rings. The summed E-state index contributed by atoms with van der Waals surface area (Å²) >= 11 is 0. The summed E-state index contributed by atoms with van der Waals surface area (Å²) in [4.78, 5) is 11.4. The van der Waals surface area contributed by atoms with Gasteiger partial charge in [0.2, 0.25) is 15.9 Å². The van der Waals surface area contributed by atoms with E-state index >= 15 is 0 Å². The molecule has 3 atom stereocenters. The van der Waals surface area contributed by atoms with Gasteiger partial charge in [-0.1, -0.05) is 27.2 Å². The van der Waals surface area contributed by atoms with E-state index in [1.54, 1.807) is 0 Å². The van der Waals surface area contributed by atoms with Crippen molar-refractivity contribution >= 4 is 15.9 Å². The standard InChI is InChI=1S/C10H19NO3S/c1-4-7(2)6-15(13,14)11-10(12)9-5-8(9)3/h7-9H,4-6H2,1-3H3,(H,11,12)/t7-,8-,9+/m0/s1. The predicted molar refractivity (Wildman–Crippen MR) is 58.7 cm³/mol. The van der Waals surface area contributed by atoms with Gasteiger partial charge < -0.3 is 0 Å². The number of hydrogen-bond acceptors (Lipinski definition) is 3. The molecule has 0 saturated heterocycles. The summed E-state index contributed by atoms with van der Waals surface area (Å²) in [5.41, 5.74) is 0. The summed E-state index contributed by atoms with van der Waals surface area (Å²) in [6, 6.07) is 0. The molecule has 0 aromatic rings. The van der Waals surface area contributed by atoms with E-state index in [4.69, 9.17) is 0 Å². The van der Waals surface area contributed by atoms with Gasteiger partial charge in [-0.25, -0.2) is 8.42 Å². The van der Waals surface area contributed by atoms with Crippen LogP contribution in [0.2, 0.25) is 0 Å². The van der Waals surface area contributed by atoms with Crippen molar-refractivity contribution in [1.82, 2.24) is 4.72 Å². The molecule has 1 amide bonds. The van der Waals surface area contributed by atoms with Crippen LogP contribution in [0.3, 0.4) is 0 Å². The molecule has 0 bridgehead atoms. The fourth-order valence-corrected chi connectivity index (χ4v) is 2.98. The van der Waals surface area contributed by atoms with Gasteiger partial charge in [0.05, 0.1) is 5.75 Å². The highest BCUT2D eigenvalue weighted by Crippen LogP contribution is 2.37. The van der Waals surface area contributed by atoms with Crippen molar-refractivity contribution in [2.75, 3.05) is 5.75 Å². The Hall–Kier alpha value is -0.580. The quantitative estimate of drug-likeness (QED) is 0.774. The van der Waals surface area contributed by atoms with E-state index in [0.717, 1.165) is 12.8 Å². The second-order valence-electron chi connectivity index (χ2n) is 4.58. The van der Waals surface area contributed by atoms with Gasteiger partial charge in [0, 0.05) is 5.92 Å². The van der Waals surface area contributed by atoms with Gasteiger partial charge in [-0.05, 0) is 18.3 Å². The van der Waals surface area contributed by atoms with Crippen LogP contribution in [0.5, 0.6) is 0 Å². The number of sulfonamides is 1. The van der Waals surface area contributed by atoms with Crippen LogP contribution in [0.1, 0.15) is 33.6 Å². The average molecular weight is 233 g/mol. The van der Waals surface area contributed by atoms with Gasteiger partial charge in [0.1, 0.15) is 0 Å². The van der Waals surface area contributed by atoms with Crippen molar-refractivity contribution in [2.24, 2.45) is 17.8 Å². The summed E-state index contributed by atoms with van der Waals surface area (Å²) in [7, 11) is -3.42. The van der Waals surface area contributed by atoms with Crippen molar-refractivity contribution in [3.05, 3.63) is 0 Å². The van der Waals surface area contributed by atoms with Crippen LogP contribution in [-0.4, -0.2) is 20.1 Å². The number of rotatable bonds is 5. The highest BCUT2D eigenvalue weighted by molar-refractivity contribution is 7.90. The van der Waals surface area contributed by atoms with Crippen molar-refractivity contribution < 1.29 is 13.2 Å². The fourth-order valence-electron chi connectivity index (χ4n) is 1.45. The average Bonchev–Trinajstić information content (AvgIpc) is 2.80. The van der Waals surface area contributed by atoms with E-state index in [9.17, 15) is 13.2 Å². The smallest absolute Gasteiger partial charge is 0.236 e. The molecule has 0 radical (unpaired) electrons. The molecular formula is C10H19NO3S. The van der Waals surface area contributed by atoms with E-state index in [0.29, 0.717) is 5.92 Å². The van der Waals surface area contributed by atoms with E-state index in [-0.39, 0.29) is 23.5 Å². The van der Waals surface area contributed by atoms with Crippen molar-refractivity contribution in [2.45, 2.75) is 33.6 Å². The van der Waals surface area contributed by atoms with E-state index in [1.807, 2.05) is 20.8 Å². The normalized spacial score (nSPS) is 27.1. The molecule has 1 N–H and O–H groups in total. The molecule has 1 aliphatic carbocycles. The van der Waals surface area contributed by atoms with Crippen LogP contribution >= 0.6 is 0 Å². The molecule has 5 heteroatoms. The number of hydrogen-bond donors (Lipinski definition) is 1. The second kappa shape index (κ2) is 4.51. The fraction of sp³-hybridized carbons (Fsp3) is 0.900. The Labute approximate surface area is 91.5 Å². The SMILES string of the molecule is CC[C@H](C)CS(=O)(=O)NC(=O)[C@@H]1C[C@@H]1C. The Morgan fingerprint density at radius 1 is 1.53 bits per heavy atom. The molecule has 15 heavy (non-hydrogen) atoms. The van der Waals surface area contributed by atoms with Gasteiger partial charge in [0.15, 0.2) is 0 Å². The first-order valence-electron chi connectivity index (χ1n) is 5.40.